The van der Waals surface area contributed by atoms with E-state index in [1.807, 2.05) is 0 Å². The molecule has 0 spiro atoms. The summed E-state index contributed by atoms with van der Waals surface area (Å²) in [5.41, 5.74) is 0.0538. The van der Waals surface area contributed by atoms with Crippen LogP contribution in [0.3, 0.4) is 0 Å². The quantitative estimate of drug-likeness (QED) is 0.374. The summed E-state index contributed by atoms with van der Waals surface area (Å²) in [5.74, 6) is 0. The Balaban J connectivity index is 2.67. The first-order chi connectivity index (χ1) is 4.27. The zero-order chi connectivity index (χ0) is 6.74. The van der Waals surface area contributed by atoms with E-state index in [1.165, 1.54) is 12.8 Å². The molecule has 1 heteroatoms. The summed E-state index contributed by atoms with van der Waals surface area (Å²) in [4.78, 5) is 4.04. The minimum Gasteiger partial charge on any atom is -0.290 e. The first-order valence-electron chi connectivity index (χ1n) is 3.42. The first-order valence-corrected chi connectivity index (χ1v) is 3.42. The third-order valence-electron chi connectivity index (χ3n) is 1.89. The van der Waals surface area contributed by atoms with Crippen LogP contribution in [0.1, 0.15) is 26.2 Å². The van der Waals surface area contributed by atoms with Gasteiger partial charge in [0.1, 0.15) is 0 Å². The van der Waals surface area contributed by atoms with Gasteiger partial charge >= 0.3 is 0 Å². The Morgan fingerprint density at radius 3 is 2.78 bits per heavy atom. The molecule has 0 saturated heterocycles. The fraction of sp³-hybridized carbons (Fsp3) is 0.625. The van der Waals surface area contributed by atoms with Crippen molar-refractivity contribution in [2.75, 3.05) is 0 Å². The fourth-order valence-corrected chi connectivity index (χ4v) is 1.13. The molecule has 0 radical (unpaired) electrons. The Hall–Kier alpha value is -0.590. The molecule has 0 saturated carbocycles. The molecule has 0 heterocycles. The molecule has 0 aromatic carbocycles. The highest BCUT2D eigenvalue weighted by Crippen LogP contribution is 2.24. The van der Waals surface area contributed by atoms with E-state index in [4.69, 9.17) is 0 Å². The molecule has 1 unspecified atom stereocenters. The molecule has 9 heavy (non-hydrogen) atoms. The van der Waals surface area contributed by atoms with E-state index in [1.54, 1.807) is 0 Å². The maximum absolute atomic E-state index is 4.04. The molecule has 0 bridgehead atoms. The van der Waals surface area contributed by atoms with E-state index in [2.05, 4.69) is 30.8 Å². The summed E-state index contributed by atoms with van der Waals surface area (Å²) in [5, 5.41) is 0. The second-order valence-corrected chi connectivity index (χ2v) is 2.81. The van der Waals surface area contributed by atoms with Crippen LogP contribution in [-0.4, -0.2) is 12.3 Å². The standard InChI is InChI=1S/C8H13N/c1-8(9-2)6-4-3-5-7-8/h4,6H,2-3,5,7H2,1H3. The highest BCUT2D eigenvalue weighted by Gasteiger charge is 2.18. The van der Waals surface area contributed by atoms with E-state index >= 15 is 0 Å². The van der Waals surface area contributed by atoms with Gasteiger partial charge in [0.2, 0.25) is 0 Å². The van der Waals surface area contributed by atoms with Crippen molar-refractivity contribution in [2.24, 2.45) is 4.99 Å². The Bertz CT molecular complexity index is 138. The van der Waals surface area contributed by atoms with E-state index in [-0.39, 0.29) is 5.54 Å². The average Bonchev–Trinajstić information content (AvgIpc) is 1.90. The maximum atomic E-state index is 4.04. The van der Waals surface area contributed by atoms with Crippen molar-refractivity contribution in [1.82, 2.24) is 0 Å². The smallest absolute Gasteiger partial charge is 0.0752 e. The van der Waals surface area contributed by atoms with Crippen LogP contribution >= 0.6 is 0 Å². The minimum atomic E-state index is 0.0538. The lowest BCUT2D eigenvalue weighted by molar-refractivity contribution is 0.498. The molecule has 1 aliphatic rings. The third-order valence-corrected chi connectivity index (χ3v) is 1.89. The molecule has 1 atom stereocenters. The lowest BCUT2D eigenvalue weighted by Crippen LogP contribution is -2.19. The Morgan fingerprint density at radius 1 is 1.67 bits per heavy atom. The van der Waals surface area contributed by atoms with Crippen molar-refractivity contribution >= 4 is 6.72 Å². The van der Waals surface area contributed by atoms with Gasteiger partial charge in [-0.2, -0.15) is 0 Å². The minimum absolute atomic E-state index is 0.0538. The monoisotopic (exact) mass is 123 g/mol. The Labute approximate surface area is 56.5 Å². The van der Waals surface area contributed by atoms with Gasteiger partial charge in [-0.1, -0.05) is 12.2 Å². The Morgan fingerprint density at radius 2 is 2.44 bits per heavy atom. The summed E-state index contributed by atoms with van der Waals surface area (Å²) in [6.45, 7) is 5.68. The van der Waals surface area contributed by atoms with E-state index < -0.39 is 0 Å². The van der Waals surface area contributed by atoms with Crippen molar-refractivity contribution in [3.63, 3.8) is 0 Å². The van der Waals surface area contributed by atoms with Gasteiger partial charge in [-0.25, -0.2) is 0 Å². The molecule has 1 nitrogen and oxygen atoms in total. The largest absolute Gasteiger partial charge is 0.290 e. The zero-order valence-corrected chi connectivity index (χ0v) is 5.93. The fourth-order valence-electron chi connectivity index (χ4n) is 1.13. The predicted molar refractivity (Wildman–Crippen MR) is 40.9 cm³/mol. The maximum Gasteiger partial charge on any atom is 0.0752 e. The Kier molecular flexibility index (Phi) is 1.70. The van der Waals surface area contributed by atoms with Crippen LogP contribution in [0.5, 0.6) is 0 Å². The van der Waals surface area contributed by atoms with Crippen LogP contribution in [0.2, 0.25) is 0 Å². The van der Waals surface area contributed by atoms with E-state index in [0.29, 0.717) is 0 Å². The van der Waals surface area contributed by atoms with Gasteiger partial charge in [0, 0.05) is 0 Å². The summed E-state index contributed by atoms with van der Waals surface area (Å²) in [6.07, 6.45) is 7.98. The first kappa shape index (κ1) is 6.53. The lowest BCUT2D eigenvalue weighted by Gasteiger charge is -2.23. The second-order valence-electron chi connectivity index (χ2n) is 2.81. The van der Waals surface area contributed by atoms with Crippen LogP contribution in [0.4, 0.5) is 0 Å². The highest BCUT2D eigenvalue weighted by molar-refractivity contribution is 5.28. The summed E-state index contributed by atoms with van der Waals surface area (Å²) >= 11 is 0. The van der Waals surface area contributed by atoms with Crippen molar-refractivity contribution in [2.45, 2.75) is 31.7 Å². The molecule has 1 aliphatic carbocycles. The van der Waals surface area contributed by atoms with Crippen LogP contribution in [-0.2, 0) is 0 Å². The number of rotatable bonds is 1. The molecular formula is C8H13N. The molecule has 0 N–H and O–H groups in total. The van der Waals surface area contributed by atoms with Crippen molar-refractivity contribution in [3.05, 3.63) is 12.2 Å². The van der Waals surface area contributed by atoms with E-state index in [0.717, 1.165) is 6.42 Å². The van der Waals surface area contributed by atoms with Crippen LogP contribution in [0, 0.1) is 0 Å². The zero-order valence-electron chi connectivity index (χ0n) is 5.93. The van der Waals surface area contributed by atoms with Gasteiger partial charge in [-0.15, -0.1) is 0 Å². The molecular weight excluding hydrogens is 110 g/mol. The van der Waals surface area contributed by atoms with Gasteiger partial charge in [0.25, 0.3) is 0 Å². The molecule has 0 aromatic rings. The molecule has 50 valence electrons. The molecule has 1 rings (SSSR count). The van der Waals surface area contributed by atoms with Gasteiger partial charge in [0.05, 0.1) is 5.54 Å². The van der Waals surface area contributed by atoms with Crippen LogP contribution in [0.25, 0.3) is 0 Å². The highest BCUT2D eigenvalue weighted by atomic mass is 14.8. The number of allylic oxidation sites excluding steroid dienone is 1. The van der Waals surface area contributed by atoms with Gasteiger partial charge in [-0.05, 0) is 32.9 Å². The topological polar surface area (TPSA) is 12.4 Å². The SMILES string of the molecule is C=NC1(C)C=CCCC1. The number of hydrogen-bond acceptors (Lipinski definition) is 1. The second kappa shape index (κ2) is 2.34. The summed E-state index contributed by atoms with van der Waals surface area (Å²) < 4.78 is 0. The van der Waals surface area contributed by atoms with Crippen molar-refractivity contribution in [1.29, 1.82) is 0 Å². The molecule has 0 amide bonds. The van der Waals surface area contributed by atoms with Gasteiger partial charge in [-0.3, -0.25) is 4.99 Å². The molecule has 0 aliphatic heterocycles. The average molecular weight is 123 g/mol. The number of nitrogens with zero attached hydrogens (tertiary/aromatic N) is 1. The predicted octanol–water partition coefficient (Wildman–Crippen LogP) is 2.19. The summed E-state index contributed by atoms with van der Waals surface area (Å²) in [7, 11) is 0. The summed E-state index contributed by atoms with van der Waals surface area (Å²) in [6, 6.07) is 0. The van der Waals surface area contributed by atoms with Crippen LogP contribution in [0.15, 0.2) is 17.1 Å². The molecule has 0 fully saturated rings. The van der Waals surface area contributed by atoms with E-state index in [9.17, 15) is 0 Å². The van der Waals surface area contributed by atoms with Crippen molar-refractivity contribution < 1.29 is 0 Å². The van der Waals surface area contributed by atoms with Gasteiger partial charge in [0.15, 0.2) is 0 Å². The van der Waals surface area contributed by atoms with Crippen LogP contribution < -0.4 is 0 Å². The lowest BCUT2D eigenvalue weighted by atomic mass is 9.90. The number of aliphatic imine (C=N–C) groups is 1. The molecule has 0 aromatic heterocycles. The normalized spacial score (nSPS) is 34.3. The number of hydrogen-bond donors (Lipinski definition) is 0. The van der Waals surface area contributed by atoms with Gasteiger partial charge < -0.3 is 0 Å². The third kappa shape index (κ3) is 1.41. The van der Waals surface area contributed by atoms with Crippen molar-refractivity contribution in [3.8, 4) is 0 Å².